The lowest BCUT2D eigenvalue weighted by Crippen LogP contribution is -2.40. The Morgan fingerprint density at radius 1 is 1.43 bits per heavy atom. The van der Waals surface area contributed by atoms with E-state index in [0.717, 1.165) is 25.2 Å². The highest BCUT2D eigenvalue weighted by atomic mass is 32.2. The SMILES string of the molecule is COc1cccc(S(=O)(=O)CCNC2CCc3ncnn3C2)c1. The van der Waals surface area contributed by atoms with Crippen molar-refractivity contribution in [2.45, 2.75) is 30.3 Å². The van der Waals surface area contributed by atoms with Crippen LogP contribution in [0.4, 0.5) is 0 Å². The van der Waals surface area contributed by atoms with Gasteiger partial charge in [-0.3, -0.25) is 0 Å². The smallest absolute Gasteiger partial charge is 0.179 e. The second kappa shape index (κ2) is 6.67. The number of sulfone groups is 1. The van der Waals surface area contributed by atoms with E-state index in [4.69, 9.17) is 4.74 Å². The summed E-state index contributed by atoms with van der Waals surface area (Å²) in [5, 5.41) is 7.47. The van der Waals surface area contributed by atoms with Gasteiger partial charge in [-0.2, -0.15) is 5.10 Å². The number of benzene rings is 1. The Labute approximate surface area is 135 Å². The number of hydrogen-bond acceptors (Lipinski definition) is 6. The molecule has 0 saturated heterocycles. The second-order valence-corrected chi connectivity index (χ2v) is 7.66. The molecule has 1 unspecified atom stereocenters. The zero-order valence-corrected chi connectivity index (χ0v) is 13.8. The average molecular weight is 336 g/mol. The van der Waals surface area contributed by atoms with Crippen LogP contribution in [0.25, 0.3) is 0 Å². The topological polar surface area (TPSA) is 86.1 Å². The number of ether oxygens (including phenoxy) is 1. The fourth-order valence-electron chi connectivity index (χ4n) is 2.71. The standard InChI is InChI=1S/C15H20N4O3S/c1-22-13-3-2-4-14(9-13)23(20,21)8-7-16-12-5-6-15-17-11-18-19(15)10-12/h2-4,9,11-12,16H,5-8,10H2,1H3. The van der Waals surface area contributed by atoms with Gasteiger partial charge in [0.25, 0.3) is 0 Å². The van der Waals surface area contributed by atoms with Crippen molar-refractivity contribution in [3.05, 3.63) is 36.4 Å². The maximum atomic E-state index is 12.4. The van der Waals surface area contributed by atoms with E-state index in [0.29, 0.717) is 17.2 Å². The molecule has 1 aliphatic rings. The van der Waals surface area contributed by atoms with E-state index in [2.05, 4.69) is 15.4 Å². The largest absolute Gasteiger partial charge is 0.497 e. The third kappa shape index (κ3) is 3.70. The van der Waals surface area contributed by atoms with Crippen molar-refractivity contribution in [3.63, 3.8) is 0 Å². The summed E-state index contributed by atoms with van der Waals surface area (Å²) in [6.45, 7) is 1.14. The highest BCUT2D eigenvalue weighted by Gasteiger charge is 2.20. The quantitative estimate of drug-likeness (QED) is 0.834. The molecule has 0 fully saturated rings. The lowest BCUT2D eigenvalue weighted by Gasteiger charge is -2.23. The number of rotatable bonds is 6. The summed E-state index contributed by atoms with van der Waals surface area (Å²) < 4.78 is 31.7. The van der Waals surface area contributed by atoms with E-state index in [9.17, 15) is 8.42 Å². The first-order chi connectivity index (χ1) is 11.1. The van der Waals surface area contributed by atoms with Gasteiger partial charge in [0.2, 0.25) is 0 Å². The summed E-state index contributed by atoms with van der Waals surface area (Å²) in [4.78, 5) is 4.48. The molecule has 0 radical (unpaired) electrons. The Morgan fingerprint density at radius 3 is 3.13 bits per heavy atom. The summed E-state index contributed by atoms with van der Waals surface area (Å²) in [5.74, 6) is 1.60. The number of hydrogen-bond donors (Lipinski definition) is 1. The first-order valence-corrected chi connectivity index (χ1v) is 9.20. The van der Waals surface area contributed by atoms with Crippen LogP contribution >= 0.6 is 0 Å². The lowest BCUT2D eigenvalue weighted by molar-refractivity contribution is 0.365. The van der Waals surface area contributed by atoms with Crippen molar-refractivity contribution in [2.24, 2.45) is 0 Å². The molecule has 1 aliphatic heterocycles. The van der Waals surface area contributed by atoms with Gasteiger partial charge in [-0.25, -0.2) is 18.1 Å². The minimum atomic E-state index is -3.32. The molecule has 0 spiro atoms. The van der Waals surface area contributed by atoms with Crippen LogP contribution in [0, 0.1) is 0 Å². The normalized spacial score (nSPS) is 17.7. The van der Waals surface area contributed by atoms with Crippen molar-refractivity contribution in [3.8, 4) is 5.75 Å². The molecule has 124 valence electrons. The zero-order valence-electron chi connectivity index (χ0n) is 13.0. The van der Waals surface area contributed by atoms with Gasteiger partial charge in [0.15, 0.2) is 9.84 Å². The highest BCUT2D eigenvalue weighted by Crippen LogP contribution is 2.18. The van der Waals surface area contributed by atoms with Gasteiger partial charge in [-0.05, 0) is 24.6 Å². The first kappa shape index (κ1) is 15.9. The number of fused-ring (bicyclic) bond motifs is 1. The Balaban J connectivity index is 1.55. The Morgan fingerprint density at radius 2 is 2.30 bits per heavy atom. The van der Waals surface area contributed by atoms with E-state index in [1.807, 2.05) is 4.68 Å². The summed E-state index contributed by atoms with van der Waals surface area (Å²) in [5.41, 5.74) is 0. The van der Waals surface area contributed by atoms with Gasteiger partial charge < -0.3 is 10.1 Å². The molecule has 1 aromatic heterocycles. The number of aryl methyl sites for hydroxylation is 1. The lowest BCUT2D eigenvalue weighted by atomic mass is 10.1. The third-order valence-electron chi connectivity index (χ3n) is 4.01. The minimum Gasteiger partial charge on any atom is -0.497 e. The zero-order chi connectivity index (χ0) is 16.3. The summed E-state index contributed by atoms with van der Waals surface area (Å²) >= 11 is 0. The molecule has 1 aromatic carbocycles. The summed E-state index contributed by atoms with van der Waals surface area (Å²) in [6, 6.07) is 6.80. The van der Waals surface area contributed by atoms with Crippen molar-refractivity contribution in [1.82, 2.24) is 20.1 Å². The van der Waals surface area contributed by atoms with Gasteiger partial charge in [-0.15, -0.1) is 0 Å². The van der Waals surface area contributed by atoms with Gasteiger partial charge in [-0.1, -0.05) is 6.07 Å². The van der Waals surface area contributed by atoms with Crippen molar-refractivity contribution < 1.29 is 13.2 Å². The predicted molar refractivity (Wildman–Crippen MR) is 85.2 cm³/mol. The van der Waals surface area contributed by atoms with Gasteiger partial charge in [0, 0.05) is 19.0 Å². The Bertz CT molecular complexity index is 773. The van der Waals surface area contributed by atoms with Crippen LogP contribution < -0.4 is 10.1 Å². The summed E-state index contributed by atoms with van der Waals surface area (Å²) in [6.07, 6.45) is 3.36. The molecule has 0 amide bonds. The van der Waals surface area contributed by atoms with Gasteiger partial charge in [0.05, 0.1) is 24.3 Å². The van der Waals surface area contributed by atoms with Crippen LogP contribution in [0.2, 0.25) is 0 Å². The second-order valence-electron chi connectivity index (χ2n) is 5.55. The van der Waals surface area contributed by atoms with Crippen molar-refractivity contribution in [1.29, 1.82) is 0 Å². The minimum absolute atomic E-state index is 0.0564. The highest BCUT2D eigenvalue weighted by molar-refractivity contribution is 7.91. The average Bonchev–Trinajstić information content (AvgIpc) is 3.02. The van der Waals surface area contributed by atoms with Gasteiger partial charge >= 0.3 is 0 Å². The first-order valence-electron chi connectivity index (χ1n) is 7.55. The van der Waals surface area contributed by atoms with Crippen LogP contribution in [-0.4, -0.2) is 48.6 Å². The molecule has 2 heterocycles. The maximum Gasteiger partial charge on any atom is 0.179 e. The molecular weight excluding hydrogens is 316 g/mol. The molecule has 0 bridgehead atoms. The Kier molecular flexibility index (Phi) is 4.63. The Hall–Kier alpha value is -1.93. The predicted octanol–water partition coefficient (Wildman–Crippen LogP) is 0.665. The monoisotopic (exact) mass is 336 g/mol. The van der Waals surface area contributed by atoms with Gasteiger partial charge in [0.1, 0.15) is 17.9 Å². The maximum absolute atomic E-state index is 12.4. The van der Waals surface area contributed by atoms with E-state index in [1.165, 1.54) is 7.11 Å². The molecule has 0 aliphatic carbocycles. The summed E-state index contributed by atoms with van der Waals surface area (Å²) in [7, 11) is -1.80. The van der Waals surface area contributed by atoms with E-state index < -0.39 is 9.84 Å². The van der Waals surface area contributed by atoms with E-state index >= 15 is 0 Å². The molecule has 2 aromatic rings. The van der Waals surface area contributed by atoms with Crippen molar-refractivity contribution >= 4 is 9.84 Å². The molecular formula is C15H20N4O3S. The van der Waals surface area contributed by atoms with Crippen LogP contribution in [0.3, 0.4) is 0 Å². The molecule has 8 heteroatoms. The molecule has 0 saturated carbocycles. The molecule has 7 nitrogen and oxygen atoms in total. The number of aromatic nitrogens is 3. The molecule has 1 N–H and O–H groups in total. The van der Waals surface area contributed by atoms with Crippen LogP contribution in [-0.2, 0) is 22.8 Å². The molecule has 3 rings (SSSR count). The third-order valence-corrected chi connectivity index (χ3v) is 5.72. The fraction of sp³-hybridized carbons (Fsp3) is 0.467. The van der Waals surface area contributed by atoms with E-state index in [-0.39, 0.29) is 11.8 Å². The van der Waals surface area contributed by atoms with Crippen LogP contribution in [0.5, 0.6) is 5.75 Å². The fourth-order valence-corrected chi connectivity index (χ4v) is 3.92. The van der Waals surface area contributed by atoms with Crippen molar-refractivity contribution in [2.75, 3.05) is 19.4 Å². The molecule has 1 atom stereocenters. The van der Waals surface area contributed by atoms with Crippen LogP contribution in [0.1, 0.15) is 12.2 Å². The van der Waals surface area contributed by atoms with E-state index in [1.54, 1.807) is 30.6 Å². The van der Waals surface area contributed by atoms with Crippen LogP contribution in [0.15, 0.2) is 35.5 Å². The number of nitrogens with zero attached hydrogens (tertiary/aromatic N) is 3. The number of methoxy groups -OCH3 is 1. The number of nitrogens with one attached hydrogen (secondary N) is 1. The molecule has 23 heavy (non-hydrogen) atoms.